The Balaban J connectivity index is 1.45. The third-order valence-corrected chi connectivity index (χ3v) is 4.20. The van der Waals surface area contributed by atoms with Crippen molar-refractivity contribution in [2.75, 3.05) is 18.4 Å². The Bertz CT molecular complexity index is 984. The fourth-order valence-corrected chi connectivity index (χ4v) is 2.58. The molecule has 3 rings (SSSR count). The summed E-state index contributed by atoms with van der Waals surface area (Å²) in [7, 11) is 0. The van der Waals surface area contributed by atoms with Gasteiger partial charge in [-0.25, -0.2) is 0 Å². The Hall–Kier alpha value is -3.58. The molecule has 0 aliphatic rings. The number of carbonyl (C=O) groups excluding carboxylic acids is 3. The average molecular weight is 412 g/mol. The smallest absolute Gasteiger partial charge is 0.287 e. The molecule has 8 heteroatoms. The number of hydrogen-bond acceptors (Lipinski definition) is 4. The SMILES string of the molecule is O=C(NCCNC(=O)c1ccco1)c1ccc(NC(=O)c2ccc(Cl)cc2)cc1. The summed E-state index contributed by atoms with van der Waals surface area (Å²) in [6.07, 6.45) is 1.41. The van der Waals surface area contributed by atoms with Crippen molar-refractivity contribution in [3.8, 4) is 0 Å². The van der Waals surface area contributed by atoms with E-state index in [2.05, 4.69) is 16.0 Å². The molecule has 0 aliphatic carbocycles. The van der Waals surface area contributed by atoms with Gasteiger partial charge in [-0.1, -0.05) is 11.6 Å². The number of benzene rings is 2. The van der Waals surface area contributed by atoms with Gasteiger partial charge < -0.3 is 20.4 Å². The van der Waals surface area contributed by atoms with Gasteiger partial charge >= 0.3 is 0 Å². The normalized spacial score (nSPS) is 10.2. The first kappa shape index (κ1) is 20.2. The van der Waals surface area contributed by atoms with Crippen LogP contribution in [0.5, 0.6) is 0 Å². The van der Waals surface area contributed by atoms with Gasteiger partial charge in [0.15, 0.2) is 5.76 Å². The van der Waals surface area contributed by atoms with Gasteiger partial charge in [0, 0.05) is 34.9 Å². The third-order valence-electron chi connectivity index (χ3n) is 3.95. The first-order chi connectivity index (χ1) is 14.0. The fraction of sp³-hybridized carbons (Fsp3) is 0.0952. The van der Waals surface area contributed by atoms with Crippen LogP contribution in [0.15, 0.2) is 71.3 Å². The quantitative estimate of drug-likeness (QED) is 0.519. The van der Waals surface area contributed by atoms with Crippen LogP contribution >= 0.6 is 11.6 Å². The summed E-state index contributed by atoms with van der Waals surface area (Å²) in [4.78, 5) is 36.1. The minimum absolute atomic E-state index is 0.215. The molecule has 1 heterocycles. The highest BCUT2D eigenvalue weighted by Crippen LogP contribution is 2.13. The van der Waals surface area contributed by atoms with Gasteiger partial charge in [-0.15, -0.1) is 0 Å². The number of rotatable bonds is 7. The molecule has 0 atom stereocenters. The van der Waals surface area contributed by atoms with Gasteiger partial charge in [-0.2, -0.15) is 0 Å². The zero-order valence-corrected chi connectivity index (χ0v) is 16.0. The van der Waals surface area contributed by atoms with E-state index in [1.807, 2.05) is 0 Å². The van der Waals surface area contributed by atoms with Crippen molar-refractivity contribution in [1.29, 1.82) is 0 Å². The highest BCUT2D eigenvalue weighted by atomic mass is 35.5. The maximum absolute atomic E-state index is 12.2. The predicted molar refractivity (Wildman–Crippen MR) is 109 cm³/mol. The van der Waals surface area contributed by atoms with Crippen molar-refractivity contribution < 1.29 is 18.8 Å². The summed E-state index contributed by atoms with van der Waals surface area (Å²) in [6.45, 7) is 0.529. The van der Waals surface area contributed by atoms with E-state index in [0.717, 1.165) is 0 Å². The predicted octanol–water partition coefficient (Wildman–Crippen LogP) is 3.35. The van der Waals surface area contributed by atoms with E-state index in [0.29, 0.717) is 21.8 Å². The van der Waals surface area contributed by atoms with E-state index >= 15 is 0 Å². The van der Waals surface area contributed by atoms with E-state index in [1.54, 1.807) is 60.7 Å². The summed E-state index contributed by atoms with van der Waals surface area (Å²) >= 11 is 5.81. The van der Waals surface area contributed by atoms with Gasteiger partial charge in [0.2, 0.25) is 0 Å². The molecule has 0 bridgehead atoms. The molecule has 1 aromatic heterocycles. The molecule has 0 spiro atoms. The molecule has 0 fully saturated rings. The van der Waals surface area contributed by atoms with Gasteiger partial charge in [0.05, 0.1) is 6.26 Å². The fourth-order valence-electron chi connectivity index (χ4n) is 2.46. The van der Waals surface area contributed by atoms with Gasteiger partial charge in [-0.05, 0) is 60.7 Å². The highest BCUT2D eigenvalue weighted by Gasteiger charge is 2.10. The molecule has 148 valence electrons. The summed E-state index contributed by atoms with van der Waals surface area (Å²) < 4.78 is 4.98. The number of nitrogens with one attached hydrogen (secondary N) is 3. The van der Waals surface area contributed by atoms with Crippen LogP contribution in [0.2, 0.25) is 5.02 Å². The lowest BCUT2D eigenvalue weighted by atomic mass is 10.1. The lowest BCUT2D eigenvalue weighted by Crippen LogP contribution is -2.34. The topological polar surface area (TPSA) is 100 Å². The molecular formula is C21H18ClN3O4. The first-order valence-corrected chi connectivity index (χ1v) is 9.17. The Labute approximate surface area is 172 Å². The minimum atomic E-state index is -0.343. The van der Waals surface area contributed by atoms with Crippen LogP contribution in [0.1, 0.15) is 31.3 Å². The van der Waals surface area contributed by atoms with Crippen LogP contribution in [-0.4, -0.2) is 30.8 Å². The minimum Gasteiger partial charge on any atom is -0.459 e. The van der Waals surface area contributed by atoms with Crippen LogP contribution in [0.25, 0.3) is 0 Å². The van der Waals surface area contributed by atoms with Crippen LogP contribution < -0.4 is 16.0 Å². The maximum Gasteiger partial charge on any atom is 0.287 e. The van der Waals surface area contributed by atoms with Crippen LogP contribution in [-0.2, 0) is 0 Å². The van der Waals surface area contributed by atoms with Crippen LogP contribution in [0.3, 0.4) is 0 Å². The number of halogens is 1. The van der Waals surface area contributed by atoms with Crippen LogP contribution in [0.4, 0.5) is 5.69 Å². The van der Waals surface area contributed by atoms with Gasteiger partial charge in [0.1, 0.15) is 0 Å². The highest BCUT2D eigenvalue weighted by molar-refractivity contribution is 6.30. The molecule has 0 saturated heterocycles. The summed E-state index contributed by atoms with van der Waals surface area (Å²) in [5.41, 5.74) is 1.48. The molecule has 7 nitrogen and oxygen atoms in total. The molecule has 0 aliphatic heterocycles. The second kappa shape index (κ2) is 9.57. The maximum atomic E-state index is 12.2. The molecule has 0 radical (unpaired) electrons. The second-order valence-corrected chi connectivity index (χ2v) is 6.46. The van der Waals surface area contributed by atoms with Crippen LogP contribution in [0, 0.1) is 0 Å². The zero-order chi connectivity index (χ0) is 20.6. The number of anilines is 1. The Morgan fingerprint density at radius 2 is 1.34 bits per heavy atom. The van der Waals surface area contributed by atoms with Gasteiger partial charge in [-0.3, -0.25) is 14.4 Å². The van der Waals surface area contributed by atoms with Crippen molar-refractivity contribution in [1.82, 2.24) is 10.6 Å². The lowest BCUT2D eigenvalue weighted by Gasteiger charge is -2.08. The zero-order valence-electron chi connectivity index (χ0n) is 15.3. The molecule has 0 unspecified atom stereocenters. The molecule has 3 aromatic rings. The third kappa shape index (κ3) is 5.70. The van der Waals surface area contributed by atoms with Crippen molar-refractivity contribution >= 4 is 35.0 Å². The summed E-state index contributed by atoms with van der Waals surface area (Å²) in [5.74, 6) is -0.684. The van der Waals surface area contributed by atoms with Crippen molar-refractivity contribution in [3.05, 3.63) is 88.8 Å². The van der Waals surface area contributed by atoms with E-state index in [1.165, 1.54) is 6.26 Å². The first-order valence-electron chi connectivity index (χ1n) is 8.80. The summed E-state index contributed by atoms with van der Waals surface area (Å²) in [5, 5.41) is 8.65. The molecule has 0 saturated carbocycles. The molecule has 3 amide bonds. The standard InChI is InChI=1S/C21H18ClN3O4/c22-16-7-3-15(4-8-16)20(27)25-17-9-5-14(6-10-17)19(26)23-11-12-24-21(28)18-2-1-13-29-18/h1-10,13H,11-12H2,(H,23,26)(H,24,28)(H,25,27). The molecular weight excluding hydrogens is 394 g/mol. The average Bonchev–Trinajstić information content (AvgIpc) is 3.27. The Morgan fingerprint density at radius 3 is 1.97 bits per heavy atom. The molecule has 29 heavy (non-hydrogen) atoms. The molecule has 2 aromatic carbocycles. The number of furan rings is 1. The molecule has 3 N–H and O–H groups in total. The van der Waals surface area contributed by atoms with E-state index in [-0.39, 0.29) is 36.6 Å². The lowest BCUT2D eigenvalue weighted by molar-refractivity contribution is 0.0910. The Kier molecular flexibility index (Phi) is 6.65. The second-order valence-electron chi connectivity index (χ2n) is 6.03. The summed E-state index contributed by atoms with van der Waals surface area (Å²) in [6, 6.07) is 16.2. The number of hydrogen-bond donors (Lipinski definition) is 3. The number of carbonyl (C=O) groups is 3. The van der Waals surface area contributed by atoms with Crippen molar-refractivity contribution in [2.45, 2.75) is 0 Å². The monoisotopic (exact) mass is 411 g/mol. The van der Waals surface area contributed by atoms with Crippen molar-refractivity contribution in [2.24, 2.45) is 0 Å². The van der Waals surface area contributed by atoms with Crippen molar-refractivity contribution in [3.63, 3.8) is 0 Å². The van der Waals surface area contributed by atoms with E-state index in [9.17, 15) is 14.4 Å². The van der Waals surface area contributed by atoms with Gasteiger partial charge in [0.25, 0.3) is 17.7 Å². The van der Waals surface area contributed by atoms with E-state index in [4.69, 9.17) is 16.0 Å². The van der Waals surface area contributed by atoms with E-state index < -0.39 is 0 Å². The largest absolute Gasteiger partial charge is 0.459 e. The Morgan fingerprint density at radius 1 is 0.759 bits per heavy atom. The number of amides is 3.